The minimum absolute atomic E-state index is 0.137. The molecule has 2 heterocycles. The van der Waals surface area contributed by atoms with Crippen molar-refractivity contribution in [3.63, 3.8) is 0 Å². The molecule has 0 saturated carbocycles. The number of hydrogen-bond donors (Lipinski definition) is 1. The van der Waals surface area contributed by atoms with E-state index in [1.807, 2.05) is 31.2 Å². The normalized spacial score (nSPS) is 18.8. The maximum atomic E-state index is 12.7. The van der Waals surface area contributed by atoms with Crippen LogP contribution in [0.3, 0.4) is 0 Å². The molecule has 158 valence electrons. The molecule has 0 radical (unpaired) electrons. The highest BCUT2D eigenvalue weighted by Crippen LogP contribution is 2.26. The minimum Gasteiger partial charge on any atom is -0.497 e. The molecule has 29 heavy (non-hydrogen) atoms. The molecule has 1 aliphatic heterocycles. The predicted octanol–water partition coefficient (Wildman–Crippen LogP) is 2.74. The third-order valence-corrected chi connectivity index (χ3v) is 8.03. The van der Waals surface area contributed by atoms with E-state index in [-0.39, 0.29) is 24.4 Å². The Morgan fingerprint density at radius 3 is 2.66 bits per heavy atom. The second kappa shape index (κ2) is 9.60. The Morgan fingerprint density at radius 2 is 2.00 bits per heavy atom. The fourth-order valence-electron chi connectivity index (χ4n) is 3.21. The second-order valence-electron chi connectivity index (χ2n) is 7.03. The standard InChI is InChI=1S/C20H26N2O5S2/c1-15(14-27-18-9-7-17(26-2)8-10-18)21-20(23)16-5-3-11-22(13-16)29(24,25)19-6-4-12-28-19/h4,6-10,12,15-16H,3,5,11,13-14H2,1-2H3,(H,21,23)/t15-,16-/m0/s1. The fourth-order valence-corrected chi connectivity index (χ4v) is 5.88. The van der Waals surface area contributed by atoms with Crippen molar-refractivity contribution in [1.82, 2.24) is 9.62 Å². The van der Waals surface area contributed by atoms with Gasteiger partial charge in [-0.25, -0.2) is 8.42 Å². The number of thiophene rings is 1. The van der Waals surface area contributed by atoms with Gasteiger partial charge in [-0.3, -0.25) is 4.79 Å². The number of sulfonamides is 1. The van der Waals surface area contributed by atoms with Gasteiger partial charge >= 0.3 is 0 Å². The van der Waals surface area contributed by atoms with Gasteiger partial charge < -0.3 is 14.8 Å². The molecule has 1 amide bonds. The molecule has 9 heteroatoms. The molecule has 1 aliphatic rings. The van der Waals surface area contributed by atoms with Crippen molar-refractivity contribution in [3.05, 3.63) is 41.8 Å². The molecule has 0 unspecified atom stereocenters. The van der Waals surface area contributed by atoms with E-state index in [0.29, 0.717) is 36.0 Å². The molecule has 1 saturated heterocycles. The van der Waals surface area contributed by atoms with Crippen molar-refractivity contribution in [3.8, 4) is 11.5 Å². The van der Waals surface area contributed by atoms with Crippen LogP contribution in [-0.4, -0.2) is 51.5 Å². The Hall–Kier alpha value is -2.10. The molecule has 2 atom stereocenters. The fraction of sp³-hybridized carbons (Fsp3) is 0.450. The number of piperidine rings is 1. The van der Waals surface area contributed by atoms with Gasteiger partial charge in [0.2, 0.25) is 5.91 Å². The van der Waals surface area contributed by atoms with E-state index in [9.17, 15) is 13.2 Å². The maximum absolute atomic E-state index is 12.7. The third kappa shape index (κ3) is 5.49. The lowest BCUT2D eigenvalue weighted by Crippen LogP contribution is -2.47. The highest BCUT2D eigenvalue weighted by Gasteiger charge is 2.34. The zero-order valence-corrected chi connectivity index (χ0v) is 18.2. The molecule has 1 aromatic heterocycles. The molecule has 7 nitrogen and oxygen atoms in total. The van der Waals surface area contributed by atoms with Crippen molar-refractivity contribution in [2.24, 2.45) is 5.92 Å². The SMILES string of the molecule is COc1ccc(OC[C@H](C)NC(=O)[C@H]2CCCN(S(=O)(=O)c3cccs3)C2)cc1. The summed E-state index contributed by atoms with van der Waals surface area (Å²) in [7, 11) is -1.93. The average Bonchev–Trinajstić information content (AvgIpc) is 3.28. The summed E-state index contributed by atoms with van der Waals surface area (Å²) >= 11 is 1.20. The Bertz CT molecular complexity index is 897. The summed E-state index contributed by atoms with van der Waals surface area (Å²) in [5, 5.41) is 4.68. The van der Waals surface area contributed by atoms with Crippen LogP contribution in [0.2, 0.25) is 0 Å². The molecular formula is C20H26N2O5S2. The van der Waals surface area contributed by atoms with E-state index >= 15 is 0 Å². The predicted molar refractivity (Wildman–Crippen MR) is 112 cm³/mol. The summed E-state index contributed by atoms with van der Waals surface area (Å²) in [6.07, 6.45) is 1.34. The lowest BCUT2D eigenvalue weighted by atomic mass is 9.98. The van der Waals surface area contributed by atoms with Crippen LogP contribution in [0.5, 0.6) is 11.5 Å². The van der Waals surface area contributed by atoms with E-state index in [4.69, 9.17) is 9.47 Å². The van der Waals surface area contributed by atoms with Gasteiger partial charge in [0, 0.05) is 13.1 Å². The van der Waals surface area contributed by atoms with Gasteiger partial charge in [-0.05, 0) is 55.5 Å². The van der Waals surface area contributed by atoms with E-state index in [1.54, 1.807) is 24.6 Å². The number of hydrogen-bond acceptors (Lipinski definition) is 6. The largest absolute Gasteiger partial charge is 0.497 e. The van der Waals surface area contributed by atoms with Crippen LogP contribution >= 0.6 is 11.3 Å². The van der Waals surface area contributed by atoms with Crippen molar-refractivity contribution in [2.45, 2.75) is 30.0 Å². The number of methoxy groups -OCH3 is 1. The number of carbonyl (C=O) groups is 1. The van der Waals surface area contributed by atoms with Crippen LogP contribution < -0.4 is 14.8 Å². The van der Waals surface area contributed by atoms with Gasteiger partial charge in [0.15, 0.2) is 0 Å². The number of amides is 1. The average molecular weight is 439 g/mol. The number of carbonyl (C=O) groups excluding carboxylic acids is 1. The Kier molecular flexibility index (Phi) is 7.15. The molecule has 0 bridgehead atoms. The van der Waals surface area contributed by atoms with Crippen LogP contribution in [0.4, 0.5) is 0 Å². The van der Waals surface area contributed by atoms with Gasteiger partial charge in [-0.15, -0.1) is 11.3 Å². The third-order valence-electron chi connectivity index (χ3n) is 4.79. The summed E-state index contributed by atoms with van der Waals surface area (Å²) < 4.78 is 38.0. The topological polar surface area (TPSA) is 84.9 Å². The Morgan fingerprint density at radius 1 is 1.28 bits per heavy atom. The molecular weight excluding hydrogens is 412 g/mol. The van der Waals surface area contributed by atoms with Crippen LogP contribution in [0, 0.1) is 5.92 Å². The number of rotatable bonds is 8. The quantitative estimate of drug-likeness (QED) is 0.685. The first-order valence-corrected chi connectivity index (χ1v) is 11.8. The molecule has 1 aromatic carbocycles. The minimum atomic E-state index is -3.53. The number of ether oxygens (including phenoxy) is 2. The molecule has 3 rings (SSSR count). The highest BCUT2D eigenvalue weighted by atomic mass is 32.2. The van der Waals surface area contributed by atoms with Crippen molar-refractivity contribution >= 4 is 27.3 Å². The molecule has 2 aromatic rings. The number of nitrogens with zero attached hydrogens (tertiary/aromatic N) is 1. The second-order valence-corrected chi connectivity index (χ2v) is 10.1. The van der Waals surface area contributed by atoms with Crippen LogP contribution in [0.1, 0.15) is 19.8 Å². The maximum Gasteiger partial charge on any atom is 0.252 e. The molecule has 1 fully saturated rings. The zero-order valence-electron chi connectivity index (χ0n) is 16.5. The molecule has 1 N–H and O–H groups in total. The van der Waals surface area contributed by atoms with Crippen LogP contribution in [0.15, 0.2) is 46.0 Å². The number of nitrogens with one attached hydrogen (secondary N) is 1. The summed E-state index contributed by atoms with van der Waals surface area (Å²) in [6.45, 7) is 2.84. The van der Waals surface area contributed by atoms with Crippen LogP contribution in [0.25, 0.3) is 0 Å². The van der Waals surface area contributed by atoms with Crippen LogP contribution in [-0.2, 0) is 14.8 Å². The first kappa shape index (κ1) is 21.6. The monoisotopic (exact) mass is 438 g/mol. The molecule has 0 spiro atoms. The first-order chi connectivity index (χ1) is 13.9. The lowest BCUT2D eigenvalue weighted by molar-refractivity contribution is -0.126. The van der Waals surface area contributed by atoms with Crippen molar-refractivity contribution in [2.75, 3.05) is 26.8 Å². The number of benzene rings is 1. The van der Waals surface area contributed by atoms with Crippen molar-refractivity contribution < 1.29 is 22.7 Å². The molecule has 0 aliphatic carbocycles. The van der Waals surface area contributed by atoms with Gasteiger partial charge in [0.05, 0.1) is 19.1 Å². The Labute approximate surface area is 175 Å². The summed E-state index contributed by atoms with van der Waals surface area (Å²) in [6, 6.07) is 10.4. The summed E-state index contributed by atoms with van der Waals surface area (Å²) in [5.41, 5.74) is 0. The first-order valence-electron chi connectivity index (χ1n) is 9.51. The zero-order chi connectivity index (χ0) is 20.9. The smallest absolute Gasteiger partial charge is 0.252 e. The van der Waals surface area contributed by atoms with Gasteiger partial charge in [-0.1, -0.05) is 6.07 Å². The van der Waals surface area contributed by atoms with E-state index < -0.39 is 10.0 Å². The van der Waals surface area contributed by atoms with Gasteiger partial charge in [0.25, 0.3) is 10.0 Å². The highest BCUT2D eigenvalue weighted by molar-refractivity contribution is 7.91. The van der Waals surface area contributed by atoms with Gasteiger partial charge in [-0.2, -0.15) is 4.31 Å². The Balaban J connectivity index is 1.51. The van der Waals surface area contributed by atoms with E-state index in [1.165, 1.54) is 15.6 Å². The lowest BCUT2D eigenvalue weighted by Gasteiger charge is -2.31. The van der Waals surface area contributed by atoms with E-state index in [2.05, 4.69) is 5.32 Å². The van der Waals surface area contributed by atoms with Gasteiger partial charge in [0.1, 0.15) is 22.3 Å². The van der Waals surface area contributed by atoms with E-state index in [0.717, 1.165) is 5.75 Å². The summed E-state index contributed by atoms with van der Waals surface area (Å²) in [4.78, 5) is 12.7. The summed E-state index contributed by atoms with van der Waals surface area (Å²) in [5.74, 6) is 0.944. The van der Waals surface area contributed by atoms with Crippen molar-refractivity contribution in [1.29, 1.82) is 0 Å².